The van der Waals surface area contributed by atoms with Crippen LogP contribution in [0.4, 0.5) is 5.95 Å². The van der Waals surface area contributed by atoms with Crippen LogP contribution in [0.25, 0.3) is 33.7 Å². The summed E-state index contributed by atoms with van der Waals surface area (Å²) in [5.74, 6) is 1.32. The number of hydrogen-bond acceptors (Lipinski definition) is 8. The molecule has 5 rings (SSSR count). The number of nitrogens with zero attached hydrogens (tertiary/aromatic N) is 5. The van der Waals surface area contributed by atoms with Crippen LogP contribution in [0.1, 0.15) is 36.3 Å². The van der Waals surface area contributed by atoms with Crippen molar-refractivity contribution in [2.75, 3.05) is 5.32 Å². The fraction of sp³-hybridized carbons (Fsp3) is 0.381. The second-order valence-electron chi connectivity index (χ2n) is 7.94. The van der Waals surface area contributed by atoms with Gasteiger partial charge in [-0.3, -0.25) is 5.10 Å². The predicted octanol–water partition coefficient (Wildman–Crippen LogP) is 3.29. The Morgan fingerprint density at radius 1 is 1.17 bits per heavy atom. The fourth-order valence-corrected chi connectivity index (χ4v) is 4.16. The molecule has 30 heavy (non-hydrogen) atoms. The minimum Gasteiger partial charge on any atom is -0.361 e. The second kappa shape index (κ2) is 7.17. The van der Waals surface area contributed by atoms with Gasteiger partial charge in [-0.15, -0.1) is 0 Å². The molecule has 0 unspecified atom stereocenters. The Kier molecular flexibility index (Phi) is 4.47. The number of rotatable bonds is 4. The number of nitrogens with two attached hydrogens (primary N) is 1. The summed E-state index contributed by atoms with van der Waals surface area (Å²) in [4.78, 5) is 13.9. The van der Waals surface area contributed by atoms with Crippen molar-refractivity contribution in [3.63, 3.8) is 0 Å². The van der Waals surface area contributed by atoms with Crippen molar-refractivity contribution in [1.29, 1.82) is 0 Å². The van der Waals surface area contributed by atoms with Gasteiger partial charge >= 0.3 is 0 Å². The Bertz CT molecular complexity index is 1210. The highest BCUT2D eigenvalue weighted by Crippen LogP contribution is 2.31. The summed E-state index contributed by atoms with van der Waals surface area (Å²) >= 11 is 0. The standard InChI is InChI=1S/C21H24N8O/c1-10-9-23-21(25-15-6-4-5-14(15)22)26-18(10)19-13-7-8-16(24-20(13)28-27-19)17-11(2)29-30-12(17)3/h7-9,14-15H,4-6,22H2,1-3H3,(H,23,25,26)(H,24,27,28)/t14-,15-/m0/s1. The normalized spacial score (nSPS) is 18.9. The Morgan fingerprint density at radius 3 is 2.77 bits per heavy atom. The van der Waals surface area contributed by atoms with Crippen molar-refractivity contribution < 1.29 is 4.52 Å². The van der Waals surface area contributed by atoms with Gasteiger partial charge in [0.05, 0.1) is 28.3 Å². The van der Waals surface area contributed by atoms with Gasteiger partial charge in [-0.25, -0.2) is 15.0 Å². The van der Waals surface area contributed by atoms with Gasteiger partial charge in [-0.1, -0.05) is 5.16 Å². The molecule has 4 heterocycles. The summed E-state index contributed by atoms with van der Waals surface area (Å²) < 4.78 is 5.28. The van der Waals surface area contributed by atoms with Crippen LogP contribution in [0.2, 0.25) is 0 Å². The van der Waals surface area contributed by atoms with E-state index in [2.05, 4.69) is 25.7 Å². The van der Waals surface area contributed by atoms with Crippen molar-refractivity contribution in [3.05, 3.63) is 35.3 Å². The molecule has 0 spiro atoms. The summed E-state index contributed by atoms with van der Waals surface area (Å²) in [5, 5.41) is 15.8. The molecule has 4 aromatic rings. The van der Waals surface area contributed by atoms with E-state index >= 15 is 0 Å². The average molecular weight is 404 g/mol. The number of H-pyrrole nitrogens is 1. The molecule has 0 bridgehead atoms. The van der Waals surface area contributed by atoms with E-state index in [0.29, 0.717) is 11.6 Å². The van der Waals surface area contributed by atoms with E-state index in [4.69, 9.17) is 20.2 Å². The molecule has 1 saturated carbocycles. The van der Waals surface area contributed by atoms with Crippen LogP contribution >= 0.6 is 0 Å². The van der Waals surface area contributed by atoms with E-state index in [-0.39, 0.29) is 12.1 Å². The molecule has 0 saturated heterocycles. The number of anilines is 1. The monoisotopic (exact) mass is 404 g/mol. The Morgan fingerprint density at radius 2 is 2.03 bits per heavy atom. The molecule has 0 aliphatic heterocycles. The van der Waals surface area contributed by atoms with Gasteiger partial charge in [-0.05, 0) is 57.7 Å². The van der Waals surface area contributed by atoms with E-state index in [0.717, 1.165) is 64.3 Å². The summed E-state index contributed by atoms with van der Waals surface area (Å²) in [6.45, 7) is 5.77. The minimum absolute atomic E-state index is 0.137. The third-order valence-corrected chi connectivity index (χ3v) is 5.80. The first kappa shape index (κ1) is 18.7. The number of aromatic nitrogens is 6. The number of aryl methyl sites for hydroxylation is 3. The van der Waals surface area contributed by atoms with Gasteiger partial charge < -0.3 is 15.6 Å². The highest BCUT2D eigenvalue weighted by atomic mass is 16.5. The second-order valence-corrected chi connectivity index (χ2v) is 7.94. The molecule has 9 heteroatoms. The van der Waals surface area contributed by atoms with Gasteiger partial charge in [0.2, 0.25) is 5.95 Å². The minimum atomic E-state index is 0.137. The lowest BCUT2D eigenvalue weighted by atomic mass is 10.1. The van der Waals surface area contributed by atoms with Crippen molar-refractivity contribution in [2.45, 2.75) is 52.1 Å². The molecule has 2 atom stereocenters. The van der Waals surface area contributed by atoms with Crippen LogP contribution in [0.5, 0.6) is 0 Å². The molecule has 0 aromatic carbocycles. The topological polar surface area (TPSA) is 131 Å². The molecule has 9 nitrogen and oxygen atoms in total. The van der Waals surface area contributed by atoms with E-state index < -0.39 is 0 Å². The van der Waals surface area contributed by atoms with Gasteiger partial charge in [0.25, 0.3) is 0 Å². The van der Waals surface area contributed by atoms with Crippen molar-refractivity contribution in [3.8, 4) is 22.6 Å². The Hall–Kier alpha value is -3.33. The first-order valence-corrected chi connectivity index (χ1v) is 10.2. The molecule has 1 aliphatic carbocycles. The van der Waals surface area contributed by atoms with Gasteiger partial charge in [0, 0.05) is 23.7 Å². The quantitative estimate of drug-likeness (QED) is 0.472. The molecule has 4 N–H and O–H groups in total. The predicted molar refractivity (Wildman–Crippen MR) is 114 cm³/mol. The van der Waals surface area contributed by atoms with Crippen molar-refractivity contribution in [2.24, 2.45) is 5.73 Å². The molecular weight excluding hydrogens is 380 g/mol. The molecule has 4 aromatic heterocycles. The molecule has 0 amide bonds. The lowest BCUT2D eigenvalue weighted by molar-refractivity contribution is 0.393. The number of aromatic amines is 1. The van der Waals surface area contributed by atoms with E-state index in [1.54, 1.807) is 0 Å². The SMILES string of the molecule is Cc1cnc(N[C@H]2CCC[C@@H]2N)nc1-c1[nH]nc2nc(-c3c(C)noc3C)ccc12. The van der Waals surface area contributed by atoms with Crippen LogP contribution in [-0.2, 0) is 0 Å². The first-order valence-electron chi connectivity index (χ1n) is 10.2. The van der Waals surface area contributed by atoms with Crippen LogP contribution in [0.3, 0.4) is 0 Å². The molecule has 1 fully saturated rings. The number of pyridine rings is 1. The summed E-state index contributed by atoms with van der Waals surface area (Å²) in [6, 6.07) is 4.31. The number of hydrogen-bond donors (Lipinski definition) is 3. The van der Waals surface area contributed by atoms with Gasteiger partial charge in [0.1, 0.15) is 5.76 Å². The smallest absolute Gasteiger partial charge is 0.223 e. The molecule has 1 aliphatic rings. The first-order chi connectivity index (χ1) is 14.5. The zero-order chi connectivity index (χ0) is 20.8. The maximum absolute atomic E-state index is 6.19. The van der Waals surface area contributed by atoms with Gasteiger partial charge in [0.15, 0.2) is 5.65 Å². The third kappa shape index (κ3) is 3.11. The maximum atomic E-state index is 6.19. The van der Waals surface area contributed by atoms with Crippen molar-refractivity contribution >= 4 is 17.0 Å². The van der Waals surface area contributed by atoms with E-state index in [1.807, 2.05) is 39.1 Å². The van der Waals surface area contributed by atoms with Crippen LogP contribution in [-0.4, -0.2) is 42.4 Å². The molecule has 0 radical (unpaired) electrons. The number of fused-ring (bicyclic) bond motifs is 1. The molecule has 154 valence electrons. The van der Waals surface area contributed by atoms with Gasteiger partial charge in [-0.2, -0.15) is 5.10 Å². The summed E-state index contributed by atoms with van der Waals surface area (Å²) in [6.07, 6.45) is 5.02. The maximum Gasteiger partial charge on any atom is 0.223 e. The summed E-state index contributed by atoms with van der Waals surface area (Å²) in [5.41, 5.74) is 11.9. The highest BCUT2D eigenvalue weighted by molar-refractivity contribution is 5.92. The van der Waals surface area contributed by atoms with Crippen LogP contribution in [0, 0.1) is 20.8 Å². The zero-order valence-electron chi connectivity index (χ0n) is 17.2. The zero-order valence-corrected chi connectivity index (χ0v) is 17.2. The lowest BCUT2D eigenvalue weighted by Gasteiger charge is -2.17. The average Bonchev–Trinajstić information content (AvgIpc) is 3.42. The Labute approximate surface area is 173 Å². The molecular formula is C21H24N8O. The highest BCUT2D eigenvalue weighted by Gasteiger charge is 2.25. The fourth-order valence-electron chi connectivity index (χ4n) is 4.16. The Balaban J connectivity index is 1.52. The van der Waals surface area contributed by atoms with Crippen LogP contribution in [0.15, 0.2) is 22.9 Å². The largest absolute Gasteiger partial charge is 0.361 e. The van der Waals surface area contributed by atoms with Crippen LogP contribution < -0.4 is 11.1 Å². The van der Waals surface area contributed by atoms with E-state index in [9.17, 15) is 0 Å². The third-order valence-electron chi connectivity index (χ3n) is 5.80. The van der Waals surface area contributed by atoms with Crippen molar-refractivity contribution in [1.82, 2.24) is 30.3 Å². The number of nitrogens with one attached hydrogen (secondary N) is 2. The lowest BCUT2D eigenvalue weighted by Crippen LogP contribution is -2.35. The van der Waals surface area contributed by atoms with E-state index in [1.165, 1.54) is 0 Å². The summed E-state index contributed by atoms with van der Waals surface area (Å²) in [7, 11) is 0.